The van der Waals surface area contributed by atoms with Gasteiger partial charge in [-0.05, 0) is 6.42 Å². The minimum Gasteiger partial charge on any atom is -0.270 e. The molecule has 0 atom stereocenters. The van der Waals surface area contributed by atoms with Gasteiger partial charge in [0.2, 0.25) is 0 Å². The molecule has 0 fully saturated rings. The van der Waals surface area contributed by atoms with Crippen LogP contribution in [0.2, 0.25) is 0 Å². The van der Waals surface area contributed by atoms with Crippen molar-refractivity contribution in [2.45, 2.75) is 26.2 Å². The number of hydrogen-bond acceptors (Lipinski definition) is 3. The summed E-state index contributed by atoms with van der Waals surface area (Å²) in [6, 6.07) is 0. The molecule has 0 aromatic rings. The molecule has 0 aliphatic heterocycles. The molecule has 0 N–H and O–H groups in total. The fourth-order valence-electron chi connectivity index (χ4n) is 0.730. The average Bonchev–Trinajstić information content (AvgIpc) is 1.98. The van der Waals surface area contributed by atoms with Gasteiger partial charge in [0.15, 0.2) is 0 Å². The second-order valence-electron chi connectivity index (χ2n) is 2.54. The second-order valence-corrected chi connectivity index (χ2v) is 4.23. The Kier molecular flexibility index (Phi) is 6.02. The summed E-state index contributed by atoms with van der Waals surface area (Å²) < 4.78 is 26.5. The Hall–Kier alpha value is -0.350. The Morgan fingerprint density at radius 3 is 2.58 bits per heavy atom. The van der Waals surface area contributed by atoms with Crippen LogP contribution in [-0.4, -0.2) is 20.8 Å². The first-order valence-electron chi connectivity index (χ1n) is 4.10. The largest absolute Gasteiger partial charge is 0.270 e. The van der Waals surface area contributed by atoms with Crippen LogP contribution in [0.1, 0.15) is 26.2 Å². The molecule has 0 aliphatic carbocycles. The van der Waals surface area contributed by atoms with Crippen molar-refractivity contribution in [3.05, 3.63) is 12.7 Å². The van der Waals surface area contributed by atoms with Crippen molar-refractivity contribution in [3.63, 3.8) is 0 Å². The number of unbranched alkanes of at least 4 members (excludes halogenated alkanes) is 2. The fourth-order valence-corrected chi connectivity index (χ4v) is 1.49. The van der Waals surface area contributed by atoms with Crippen LogP contribution in [0.25, 0.3) is 0 Å². The van der Waals surface area contributed by atoms with E-state index in [1.807, 2.05) is 0 Å². The zero-order valence-corrected chi connectivity index (χ0v) is 8.27. The molecule has 0 heterocycles. The van der Waals surface area contributed by atoms with Gasteiger partial charge in [-0.1, -0.05) is 25.8 Å². The Bertz CT molecular complexity index is 206. The molecule has 0 rings (SSSR count). The molecular weight excluding hydrogens is 176 g/mol. The van der Waals surface area contributed by atoms with E-state index in [1.54, 1.807) is 0 Å². The highest BCUT2D eigenvalue weighted by molar-refractivity contribution is 7.86. The Morgan fingerprint density at radius 1 is 1.42 bits per heavy atom. The van der Waals surface area contributed by atoms with Gasteiger partial charge < -0.3 is 0 Å². The van der Waals surface area contributed by atoms with Crippen LogP contribution in [0.4, 0.5) is 0 Å². The summed E-state index contributed by atoms with van der Waals surface area (Å²) in [5.74, 6) is -0.0981. The number of rotatable bonds is 7. The smallest absolute Gasteiger partial charge is 0.270 e. The molecule has 0 bridgehead atoms. The lowest BCUT2D eigenvalue weighted by molar-refractivity contribution is 0.309. The van der Waals surface area contributed by atoms with Crippen molar-refractivity contribution in [1.82, 2.24) is 0 Å². The maximum Gasteiger partial charge on any atom is 0.270 e. The minimum atomic E-state index is -3.33. The van der Waals surface area contributed by atoms with Gasteiger partial charge in [-0.2, -0.15) is 8.42 Å². The SMILES string of the molecule is C=CCS(=O)(=O)OCCCCC. The maximum absolute atomic E-state index is 10.9. The van der Waals surface area contributed by atoms with Gasteiger partial charge in [-0.15, -0.1) is 6.58 Å². The third-order valence-electron chi connectivity index (χ3n) is 1.33. The summed E-state index contributed by atoms with van der Waals surface area (Å²) in [5.41, 5.74) is 0. The van der Waals surface area contributed by atoms with Crippen molar-refractivity contribution in [3.8, 4) is 0 Å². The molecule has 0 aromatic heterocycles. The monoisotopic (exact) mass is 192 g/mol. The standard InChI is InChI=1S/C8H16O3S/c1-3-5-6-7-11-12(9,10)8-4-2/h4H,2-3,5-8H2,1H3. The van der Waals surface area contributed by atoms with Crippen LogP contribution in [0.3, 0.4) is 0 Å². The summed E-state index contributed by atoms with van der Waals surface area (Å²) in [5, 5.41) is 0. The lowest BCUT2D eigenvalue weighted by Gasteiger charge is -2.01. The molecule has 12 heavy (non-hydrogen) atoms. The molecule has 0 radical (unpaired) electrons. The molecule has 3 nitrogen and oxygen atoms in total. The normalized spacial score (nSPS) is 11.4. The zero-order valence-electron chi connectivity index (χ0n) is 7.45. The van der Waals surface area contributed by atoms with Gasteiger partial charge in [-0.3, -0.25) is 4.18 Å². The molecule has 0 saturated carbocycles. The van der Waals surface area contributed by atoms with E-state index in [-0.39, 0.29) is 5.75 Å². The molecule has 0 amide bonds. The summed E-state index contributed by atoms with van der Waals surface area (Å²) in [6.07, 6.45) is 4.19. The van der Waals surface area contributed by atoms with Crippen LogP contribution in [0.15, 0.2) is 12.7 Å². The Labute approximate surface area is 74.6 Å². The highest BCUT2D eigenvalue weighted by atomic mass is 32.2. The van der Waals surface area contributed by atoms with E-state index in [2.05, 4.69) is 17.7 Å². The Morgan fingerprint density at radius 2 is 2.08 bits per heavy atom. The average molecular weight is 192 g/mol. The molecule has 0 unspecified atom stereocenters. The van der Waals surface area contributed by atoms with Crippen LogP contribution in [-0.2, 0) is 14.3 Å². The van der Waals surface area contributed by atoms with E-state index in [4.69, 9.17) is 0 Å². The van der Waals surface area contributed by atoms with E-state index in [0.717, 1.165) is 19.3 Å². The first-order valence-corrected chi connectivity index (χ1v) is 5.68. The second kappa shape index (κ2) is 6.20. The fraction of sp³-hybridized carbons (Fsp3) is 0.750. The minimum absolute atomic E-state index is 0.0981. The molecular formula is C8H16O3S. The van der Waals surface area contributed by atoms with E-state index >= 15 is 0 Å². The molecule has 4 heteroatoms. The summed E-state index contributed by atoms with van der Waals surface area (Å²) in [6.45, 7) is 5.68. The first-order chi connectivity index (χ1) is 5.62. The number of hydrogen-bond donors (Lipinski definition) is 0. The van der Waals surface area contributed by atoms with Crippen molar-refractivity contribution < 1.29 is 12.6 Å². The van der Waals surface area contributed by atoms with Crippen LogP contribution >= 0.6 is 0 Å². The topological polar surface area (TPSA) is 43.4 Å². The van der Waals surface area contributed by atoms with E-state index in [1.165, 1.54) is 6.08 Å². The van der Waals surface area contributed by atoms with Crippen molar-refractivity contribution in [1.29, 1.82) is 0 Å². The van der Waals surface area contributed by atoms with Crippen LogP contribution in [0.5, 0.6) is 0 Å². The molecule has 72 valence electrons. The summed E-state index contributed by atoms with van der Waals surface area (Å²) >= 11 is 0. The van der Waals surface area contributed by atoms with Crippen LogP contribution < -0.4 is 0 Å². The van der Waals surface area contributed by atoms with Gasteiger partial charge in [-0.25, -0.2) is 0 Å². The van der Waals surface area contributed by atoms with Gasteiger partial charge in [0.25, 0.3) is 10.1 Å². The predicted octanol–water partition coefficient (Wildman–Crippen LogP) is 1.71. The van der Waals surface area contributed by atoms with Crippen LogP contribution in [0, 0.1) is 0 Å². The molecule has 0 saturated heterocycles. The molecule has 0 aliphatic rings. The highest BCUT2D eigenvalue weighted by Gasteiger charge is 2.06. The molecule has 0 spiro atoms. The lowest BCUT2D eigenvalue weighted by atomic mass is 10.3. The summed E-state index contributed by atoms with van der Waals surface area (Å²) in [7, 11) is -3.33. The van der Waals surface area contributed by atoms with E-state index < -0.39 is 10.1 Å². The zero-order chi connectivity index (χ0) is 9.45. The highest BCUT2D eigenvalue weighted by Crippen LogP contribution is 1.99. The third kappa shape index (κ3) is 6.37. The van der Waals surface area contributed by atoms with Gasteiger partial charge in [0, 0.05) is 0 Å². The third-order valence-corrected chi connectivity index (χ3v) is 2.50. The van der Waals surface area contributed by atoms with Gasteiger partial charge >= 0.3 is 0 Å². The van der Waals surface area contributed by atoms with Crippen molar-refractivity contribution in [2.24, 2.45) is 0 Å². The van der Waals surface area contributed by atoms with E-state index in [0.29, 0.717) is 6.61 Å². The predicted molar refractivity (Wildman–Crippen MR) is 49.5 cm³/mol. The lowest BCUT2D eigenvalue weighted by Crippen LogP contribution is -2.09. The first kappa shape index (κ1) is 11.6. The summed E-state index contributed by atoms with van der Waals surface area (Å²) in [4.78, 5) is 0. The van der Waals surface area contributed by atoms with Crippen molar-refractivity contribution in [2.75, 3.05) is 12.4 Å². The maximum atomic E-state index is 10.9. The van der Waals surface area contributed by atoms with Gasteiger partial charge in [0.05, 0.1) is 12.4 Å². The van der Waals surface area contributed by atoms with Crippen molar-refractivity contribution >= 4 is 10.1 Å². The quantitative estimate of drug-likeness (QED) is 0.350. The van der Waals surface area contributed by atoms with Gasteiger partial charge in [0.1, 0.15) is 0 Å². The Balaban J connectivity index is 3.55. The van der Waals surface area contributed by atoms with E-state index in [9.17, 15) is 8.42 Å². The molecule has 0 aromatic carbocycles.